The molecular formula is C7H12N4. The van der Waals surface area contributed by atoms with Crippen molar-refractivity contribution in [2.45, 2.75) is 19.8 Å². The Labute approximate surface area is 65.6 Å². The fraction of sp³-hybridized carbons (Fsp3) is 0.429. The van der Waals surface area contributed by atoms with Crippen molar-refractivity contribution in [2.24, 2.45) is 0 Å². The van der Waals surface area contributed by atoms with Crippen molar-refractivity contribution in [3.8, 4) is 0 Å². The summed E-state index contributed by atoms with van der Waals surface area (Å²) in [6, 6.07) is 0. The van der Waals surface area contributed by atoms with Gasteiger partial charge in [-0.3, -0.25) is 0 Å². The Morgan fingerprint density at radius 1 is 1.45 bits per heavy atom. The molecule has 0 saturated heterocycles. The molecule has 0 bridgehead atoms. The van der Waals surface area contributed by atoms with E-state index in [0.717, 1.165) is 18.4 Å². The van der Waals surface area contributed by atoms with Gasteiger partial charge in [-0.05, 0) is 6.42 Å². The van der Waals surface area contributed by atoms with Crippen molar-refractivity contribution < 1.29 is 0 Å². The molecule has 0 aliphatic rings. The van der Waals surface area contributed by atoms with Crippen molar-refractivity contribution in [2.75, 3.05) is 11.5 Å². The smallest absolute Gasteiger partial charge is 0.221 e. The highest BCUT2D eigenvalue weighted by Gasteiger charge is 1.99. The van der Waals surface area contributed by atoms with Gasteiger partial charge in [0, 0.05) is 11.8 Å². The van der Waals surface area contributed by atoms with Gasteiger partial charge in [-0.15, -0.1) is 0 Å². The van der Waals surface area contributed by atoms with Crippen LogP contribution in [0, 0.1) is 0 Å². The van der Waals surface area contributed by atoms with Crippen LogP contribution in [-0.2, 0) is 6.42 Å². The van der Waals surface area contributed by atoms with E-state index < -0.39 is 0 Å². The molecule has 4 heteroatoms. The average molecular weight is 152 g/mol. The van der Waals surface area contributed by atoms with Gasteiger partial charge in [-0.2, -0.15) is 4.98 Å². The molecule has 1 aromatic rings. The fourth-order valence-electron chi connectivity index (χ4n) is 0.896. The lowest BCUT2D eigenvalue weighted by Crippen LogP contribution is -2.02. The molecule has 0 unspecified atom stereocenters. The maximum absolute atomic E-state index is 5.58. The van der Waals surface area contributed by atoms with E-state index in [-0.39, 0.29) is 5.95 Å². The Hall–Kier alpha value is -1.32. The quantitative estimate of drug-likeness (QED) is 0.650. The zero-order valence-corrected chi connectivity index (χ0v) is 6.54. The highest BCUT2D eigenvalue weighted by atomic mass is 15.0. The molecule has 0 saturated carbocycles. The molecule has 0 aromatic carbocycles. The van der Waals surface area contributed by atoms with Crippen molar-refractivity contribution in [3.05, 3.63) is 11.8 Å². The highest BCUT2D eigenvalue weighted by Crippen LogP contribution is 2.09. The second-order valence-electron chi connectivity index (χ2n) is 2.39. The summed E-state index contributed by atoms with van der Waals surface area (Å²) in [5.41, 5.74) is 11.9. The average Bonchev–Trinajstić information content (AvgIpc) is 1.95. The summed E-state index contributed by atoms with van der Waals surface area (Å²) in [5, 5.41) is 0. The predicted octanol–water partition coefficient (Wildman–Crippen LogP) is 0.594. The molecule has 0 spiro atoms. The Morgan fingerprint density at radius 3 is 2.73 bits per heavy atom. The van der Waals surface area contributed by atoms with Crippen LogP contribution in [0.2, 0.25) is 0 Å². The van der Waals surface area contributed by atoms with Crippen LogP contribution < -0.4 is 11.5 Å². The largest absolute Gasteiger partial charge is 0.383 e. The SMILES string of the molecule is CCCc1cnc(N)nc1N. The van der Waals surface area contributed by atoms with Gasteiger partial charge < -0.3 is 11.5 Å². The molecule has 4 nitrogen and oxygen atoms in total. The summed E-state index contributed by atoms with van der Waals surface area (Å²) >= 11 is 0. The zero-order chi connectivity index (χ0) is 8.27. The Balaban J connectivity index is 2.90. The lowest BCUT2D eigenvalue weighted by Gasteiger charge is -2.01. The lowest BCUT2D eigenvalue weighted by molar-refractivity contribution is 0.907. The van der Waals surface area contributed by atoms with E-state index in [0.29, 0.717) is 5.82 Å². The van der Waals surface area contributed by atoms with E-state index in [2.05, 4.69) is 16.9 Å². The van der Waals surface area contributed by atoms with Gasteiger partial charge in [0.15, 0.2) is 0 Å². The molecule has 0 aliphatic carbocycles. The Kier molecular flexibility index (Phi) is 2.25. The van der Waals surface area contributed by atoms with Crippen LogP contribution in [0.3, 0.4) is 0 Å². The first-order valence-corrected chi connectivity index (χ1v) is 3.61. The maximum atomic E-state index is 5.58. The van der Waals surface area contributed by atoms with Gasteiger partial charge in [0.1, 0.15) is 5.82 Å². The maximum Gasteiger partial charge on any atom is 0.221 e. The van der Waals surface area contributed by atoms with Crippen molar-refractivity contribution in [1.82, 2.24) is 9.97 Å². The molecule has 1 heterocycles. The second kappa shape index (κ2) is 3.18. The molecule has 11 heavy (non-hydrogen) atoms. The Morgan fingerprint density at radius 2 is 2.18 bits per heavy atom. The first-order chi connectivity index (χ1) is 5.24. The number of nitrogens with two attached hydrogens (primary N) is 2. The molecule has 4 N–H and O–H groups in total. The minimum Gasteiger partial charge on any atom is -0.383 e. The molecule has 0 aliphatic heterocycles. The van der Waals surface area contributed by atoms with E-state index in [4.69, 9.17) is 11.5 Å². The van der Waals surface area contributed by atoms with Crippen LogP contribution in [0.4, 0.5) is 11.8 Å². The van der Waals surface area contributed by atoms with Crippen molar-refractivity contribution >= 4 is 11.8 Å². The third-order valence-electron chi connectivity index (χ3n) is 1.44. The van der Waals surface area contributed by atoms with Crippen molar-refractivity contribution in [1.29, 1.82) is 0 Å². The molecule has 60 valence electrons. The monoisotopic (exact) mass is 152 g/mol. The van der Waals surface area contributed by atoms with Crippen LogP contribution in [0.1, 0.15) is 18.9 Å². The van der Waals surface area contributed by atoms with Crippen molar-refractivity contribution in [3.63, 3.8) is 0 Å². The molecule has 0 amide bonds. The molecule has 1 rings (SSSR count). The third-order valence-corrected chi connectivity index (χ3v) is 1.44. The highest BCUT2D eigenvalue weighted by molar-refractivity contribution is 5.41. The number of hydrogen-bond donors (Lipinski definition) is 2. The van der Waals surface area contributed by atoms with E-state index >= 15 is 0 Å². The normalized spacial score (nSPS) is 9.91. The minimum absolute atomic E-state index is 0.238. The summed E-state index contributed by atoms with van der Waals surface area (Å²) in [6.45, 7) is 2.08. The summed E-state index contributed by atoms with van der Waals surface area (Å²) < 4.78 is 0. The van der Waals surface area contributed by atoms with Gasteiger partial charge in [0.2, 0.25) is 5.95 Å². The molecule has 0 fully saturated rings. The second-order valence-corrected chi connectivity index (χ2v) is 2.39. The van der Waals surface area contributed by atoms with Crippen LogP contribution >= 0.6 is 0 Å². The summed E-state index contributed by atoms with van der Waals surface area (Å²) in [6.07, 6.45) is 3.63. The van der Waals surface area contributed by atoms with E-state index in [9.17, 15) is 0 Å². The number of aromatic nitrogens is 2. The summed E-state index contributed by atoms with van der Waals surface area (Å²) in [4.78, 5) is 7.68. The molecule has 1 aromatic heterocycles. The first-order valence-electron chi connectivity index (χ1n) is 3.61. The molecule has 0 atom stereocenters. The number of aryl methyl sites for hydroxylation is 1. The van der Waals surface area contributed by atoms with Gasteiger partial charge in [-0.25, -0.2) is 4.98 Å². The summed E-state index contributed by atoms with van der Waals surface area (Å²) in [5.74, 6) is 0.738. The van der Waals surface area contributed by atoms with Crippen LogP contribution in [-0.4, -0.2) is 9.97 Å². The minimum atomic E-state index is 0.238. The molecular weight excluding hydrogens is 140 g/mol. The standard InChI is InChI=1S/C7H12N4/c1-2-3-5-4-10-7(9)11-6(5)8/h4H,2-3H2,1H3,(H4,8,9,10,11). The summed E-state index contributed by atoms with van der Waals surface area (Å²) in [7, 11) is 0. The van der Waals surface area contributed by atoms with Gasteiger partial charge >= 0.3 is 0 Å². The number of rotatable bonds is 2. The molecule has 0 radical (unpaired) electrons. The van der Waals surface area contributed by atoms with E-state index in [1.807, 2.05) is 0 Å². The number of nitrogen functional groups attached to an aromatic ring is 2. The van der Waals surface area contributed by atoms with E-state index in [1.165, 1.54) is 0 Å². The number of hydrogen-bond acceptors (Lipinski definition) is 4. The lowest BCUT2D eigenvalue weighted by atomic mass is 10.2. The van der Waals surface area contributed by atoms with Crippen LogP contribution in [0.25, 0.3) is 0 Å². The van der Waals surface area contributed by atoms with E-state index in [1.54, 1.807) is 6.20 Å². The van der Waals surface area contributed by atoms with Gasteiger partial charge in [-0.1, -0.05) is 13.3 Å². The van der Waals surface area contributed by atoms with Crippen LogP contribution in [0.5, 0.6) is 0 Å². The Bertz CT molecular complexity index is 246. The van der Waals surface area contributed by atoms with Gasteiger partial charge in [0.05, 0.1) is 0 Å². The fourth-order valence-corrected chi connectivity index (χ4v) is 0.896. The van der Waals surface area contributed by atoms with Crippen LogP contribution in [0.15, 0.2) is 6.20 Å². The zero-order valence-electron chi connectivity index (χ0n) is 6.54. The number of anilines is 2. The number of nitrogens with zero attached hydrogens (tertiary/aromatic N) is 2. The predicted molar refractivity (Wildman–Crippen MR) is 44.9 cm³/mol. The third kappa shape index (κ3) is 1.80. The van der Waals surface area contributed by atoms with Gasteiger partial charge in [0.25, 0.3) is 0 Å². The topological polar surface area (TPSA) is 77.8 Å². The first kappa shape index (κ1) is 7.78.